The lowest BCUT2D eigenvalue weighted by molar-refractivity contribution is 0.410. The molecule has 34 heavy (non-hydrogen) atoms. The number of benzene rings is 1. The third-order valence-corrected chi connectivity index (χ3v) is 7.56. The molecular formula is C27H39N7. The van der Waals surface area contributed by atoms with Crippen molar-refractivity contribution >= 4 is 28.6 Å². The number of unbranched alkanes of at least 4 members (excludes halogenated alkanes) is 2. The van der Waals surface area contributed by atoms with Crippen LogP contribution in [0.3, 0.4) is 0 Å². The van der Waals surface area contributed by atoms with Crippen LogP contribution in [0.5, 0.6) is 0 Å². The number of aryl methyl sites for hydroxylation is 1. The molecule has 0 spiro atoms. The van der Waals surface area contributed by atoms with E-state index >= 15 is 0 Å². The van der Waals surface area contributed by atoms with E-state index in [9.17, 15) is 0 Å². The number of rotatable bonds is 9. The van der Waals surface area contributed by atoms with Crippen molar-refractivity contribution in [3.8, 4) is 0 Å². The molecule has 7 nitrogen and oxygen atoms in total. The monoisotopic (exact) mass is 461 g/mol. The number of fused-ring (bicyclic) bond motifs is 1. The van der Waals surface area contributed by atoms with Crippen molar-refractivity contribution in [1.29, 1.82) is 0 Å². The second-order valence-corrected chi connectivity index (χ2v) is 10.2. The van der Waals surface area contributed by atoms with Crippen LogP contribution in [0.15, 0.2) is 30.6 Å². The molecule has 2 saturated carbocycles. The van der Waals surface area contributed by atoms with Crippen molar-refractivity contribution in [3.05, 3.63) is 36.2 Å². The summed E-state index contributed by atoms with van der Waals surface area (Å²) >= 11 is 0. The predicted octanol–water partition coefficient (Wildman–Crippen LogP) is 6.10. The first-order chi connectivity index (χ1) is 16.7. The van der Waals surface area contributed by atoms with Crippen LogP contribution in [0.4, 0.5) is 17.5 Å². The van der Waals surface area contributed by atoms with Gasteiger partial charge in [0.25, 0.3) is 0 Å². The summed E-state index contributed by atoms with van der Waals surface area (Å²) in [5.74, 6) is 1.48. The number of para-hydroxylation sites is 1. The van der Waals surface area contributed by atoms with Crippen LogP contribution in [0.2, 0.25) is 0 Å². The van der Waals surface area contributed by atoms with Gasteiger partial charge in [-0.25, -0.2) is 4.98 Å². The van der Waals surface area contributed by atoms with Crippen molar-refractivity contribution < 1.29 is 0 Å². The summed E-state index contributed by atoms with van der Waals surface area (Å²) in [7, 11) is 0. The third kappa shape index (κ3) is 5.19. The van der Waals surface area contributed by atoms with Crippen molar-refractivity contribution in [3.63, 3.8) is 0 Å². The average Bonchev–Trinajstić information content (AvgIpc) is 3.52. The smallest absolute Gasteiger partial charge is 0.227 e. The number of nitrogens with one attached hydrogen (secondary N) is 2. The van der Waals surface area contributed by atoms with Crippen molar-refractivity contribution in [2.45, 2.75) is 102 Å². The van der Waals surface area contributed by atoms with E-state index in [1.165, 1.54) is 50.5 Å². The second-order valence-electron chi connectivity index (χ2n) is 10.2. The third-order valence-electron chi connectivity index (χ3n) is 7.56. The molecule has 0 atom stereocenters. The first-order valence-electron chi connectivity index (χ1n) is 13.3. The summed E-state index contributed by atoms with van der Waals surface area (Å²) in [5, 5.41) is 7.27. The fraction of sp³-hybridized carbons (Fsp3) is 0.593. The molecule has 0 amide bonds. The molecule has 2 aliphatic rings. The van der Waals surface area contributed by atoms with E-state index < -0.39 is 0 Å². The SMILES string of the molecule is CCCCCc1ccccc1Nc1nc(NC2CCC(N)CC2)nc2c1ncn2C1CCCC1. The Morgan fingerprint density at radius 2 is 1.79 bits per heavy atom. The Balaban J connectivity index is 1.47. The zero-order valence-electron chi connectivity index (χ0n) is 20.5. The largest absolute Gasteiger partial charge is 0.351 e. The number of imidazole rings is 1. The molecule has 2 aliphatic carbocycles. The van der Waals surface area contributed by atoms with E-state index in [1.807, 2.05) is 6.33 Å². The lowest BCUT2D eigenvalue weighted by Gasteiger charge is -2.27. The first-order valence-corrected chi connectivity index (χ1v) is 13.3. The van der Waals surface area contributed by atoms with Crippen molar-refractivity contribution in [2.24, 2.45) is 5.73 Å². The molecule has 2 heterocycles. The topological polar surface area (TPSA) is 93.7 Å². The molecule has 0 aliphatic heterocycles. The van der Waals surface area contributed by atoms with E-state index in [-0.39, 0.29) is 0 Å². The quantitative estimate of drug-likeness (QED) is 0.333. The minimum atomic E-state index is 0.326. The number of anilines is 3. The van der Waals surface area contributed by atoms with E-state index in [0.717, 1.165) is 54.8 Å². The van der Waals surface area contributed by atoms with Gasteiger partial charge >= 0.3 is 0 Å². The standard InChI is InChI=1S/C27H39N7/c1-2-3-4-9-19-10-5-8-13-23(19)31-25-24-26(34(18-29-24)22-11-6-7-12-22)33-27(32-25)30-21-16-14-20(28)15-17-21/h5,8,10,13,18,20-22H,2-4,6-7,9,11-12,14-17,28H2,1H3,(H2,30,31,32,33). The lowest BCUT2D eigenvalue weighted by Crippen LogP contribution is -2.33. The molecule has 0 radical (unpaired) electrons. The van der Waals surface area contributed by atoms with Gasteiger partial charge in [0.15, 0.2) is 17.0 Å². The number of nitrogens with two attached hydrogens (primary N) is 1. The summed E-state index contributed by atoms with van der Waals surface area (Å²) in [5.41, 5.74) is 10.4. The van der Waals surface area contributed by atoms with Crippen molar-refractivity contribution in [1.82, 2.24) is 19.5 Å². The number of hydrogen-bond acceptors (Lipinski definition) is 6. The van der Waals surface area contributed by atoms with E-state index in [4.69, 9.17) is 20.7 Å². The fourth-order valence-electron chi connectivity index (χ4n) is 5.52. The predicted molar refractivity (Wildman–Crippen MR) is 140 cm³/mol. The average molecular weight is 462 g/mol. The molecule has 0 saturated heterocycles. The summed E-state index contributed by atoms with van der Waals surface area (Å²) in [4.78, 5) is 14.7. The zero-order chi connectivity index (χ0) is 23.3. The molecule has 7 heteroatoms. The highest BCUT2D eigenvalue weighted by molar-refractivity contribution is 5.87. The molecule has 0 bridgehead atoms. The maximum atomic E-state index is 6.13. The van der Waals surface area contributed by atoms with Crippen LogP contribution in [0, 0.1) is 0 Å². The minimum absolute atomic E-state index is 0.326. The van der Waals surface area contributed by atoms with Crippen LogP contribution in [-0.2, 0) is 6.42 Å². The summed E-state index contributed by atoms with van der Waals surface area (Å²) in [6.45, 7) is 2.25. The Kier molecular flexibility index (Phi) is 7.28. The molecule has 4 N–H and O–H groups in total. The Morgan fingerprint density at radius 3 is 2.59 bits per heavy atom. The molecule has 2 aromatic heterocycles. The maximum Gasteiger partial charge on any atom is 0.227 e. The van der Waals surface area contributed by atoms with Gasteiger partial charge in [0.1, 0.15) is 0 Å². The lowest BCUT2D eigenvalue weighted by atomic mass is 9.92. The van der Waals surface area contributed by atoms with Gasteiger partial charge in [0, 0.05) is 23.8 Å². The first kappa shape index (κ1) is 23.1. The van der Waals surface area contributed by atoms with Gasteiger partial charge in [0.05, 0.1) is 6.33 Å². The van der Waals surface area contributed by atoms with Gasteiger partial charge < -0.3 is 20.9 Å². The Labute approximate surface area is 203 Å². The van der Waals surface area contributed by atoms with E-state index in [2.05, 4.69) is 46.4 Å². The van der Waals surface area contributed by atoms with Gasteiger partial charge in [-0.2, -0.15) is 9.97 Å². The van der Waals surface area contributed by atoms with Gasteiger partial charge in [-0.15, -0.1) is 0 Å². The maximum absolute atomic E-state index is 6.13. The normalized spacial score (nSPS) is 21.2. The van der Waals surface area contributed by atoms with Gasteiger partial charge in [-0.1, -0.05) is 50.8 Å². The Bertz CT molecular complexity index is 1080. The van der Waals surface area contributed by atoms with Crippen LogP contribution in [0.1, 0.15) is 89.2 Å². The highest BCUT2D eigenvalue weighted by Gasteiger charge is 2.24. The van der Waals surface area contributed by atoms with Crippen LogP contribution >= 0.6 is 0 Å². The minimum Gasteiger partial charge on any atom is -0.351 e. The molecule has 2 fully saturated rings. The van der Waals surface area contributed by atoms with E-state index in [1.54, 1.807) is 0 Å². The van der Waals surface area contributed by atoms with Crippen molar-refractivity contribution in [2.75, 3.05) is 10.6 Å². The number of hydrogen-bond donors (Lipinski definition) is 3. The van der Waals surface area contributed by atoms with Crippen LogP contribution < -0.4 is 16.4 Å². The Hall–Kier alpha value is -2.67. The van der Waals surface area contributed by atoms with E-state index in [0.29, 0.717) is 24.1 Å². The van der Waals surface area contributed by atoms with Gasteiger partial charge in [-0.3, -0.25) is 0 Å². The Morgan fingerprint density at radius 1 is 1.00 bits per heavy atom. The summed E-state index contributed by atoms with van der Waals surface area (Å²) in [6.07, 6.45) is 15.9. The van der Waals surface area contributed by atoms with Crippen LogP contribution in [-0.4, -0.2) is 31.6 Å². The highest BCUT2D eigenvalue weighted by Crippen LogP contribution is 2.34. The summed E-state index contributed by atoms with van der Waals surface area (Å²) in [6, 6.07) is 9.76. The molecule has 3 aromatic rings. The molecule has 182 valence electrons. The molecular weight excluding hydrogens is 422 g/mol. The molecule has 1 aromatic carbocycles. The number of aromatic nitrogens is 4. The number of nitrogens with zero attached hydrogens (tertiary/aromatic N) is 4. The van der Waals surface area contributed by atoms with Crippen LogP contribution in [0.25, 0.3) is 11.2 Å². The molecule has 5 rings (SSSR count). The second kappa shape index (κ2) is 10.7. The fourth-order valence-corrected chi connectivity index (χ4v) is 5.52. The zero-order valence-corrected chi connectivity index (χ0v) is 20.5. The molecule has 0 unspecified atom stereocenters. The van der Waals surface area contributed by atoms with Gasteiger partial charge in [0.2, 0.25) is 5.95 Å². The van der Waals surface area contributed by atoms with Gasteiger partial charge in [-0.05, 0) is 63.0 Å². The highest BCUT2D eigenvalue weighted by atomic mass is 15.2. The summed E-state index contributed by atoms with van der Waals surface area (Å²) < 4.78 is 2.28.